The zero-order valence-electron chi connectivity index (χ0n) is 9.71. The highest BCUT2D eigenvalue weighted by molar-refractivity contribution is 5.74. The van der Waals surface area contributed by atoms with Crippen LogP contribution in [0.25, 0.3) is 0 Å². The zero-order chi connectivity index (χ0) is 13.3. The van der Waals surface area contributed by atoms with Gasteiger partial charge < -0.3 is 26.4 Å². The molecule has 96 valence electrons. The number of hydrogen-bond acceptors (Lipinski definition) is 7. The molecule has 7 N–H and O–H groups in total. The maximum Gasteiger partial charge on any atom is 0.259 e. The molecule has 0 amide bonds. The average Bonchev–Trinajstić information content (AvgIpc) is 2.85. The van der Waals surface area contributed by atoms with E-state index in [2.05, 4.69) is 10.3 Å². The number of furan rings is 1. The Hall–Kier alpha value is -2.64. The summed E-state index contributed by atoms with van der Waals surface area (Å²) in [7, 11) is 0. The van der Waals surface area contributed by atoms with E-state index in [0.29, 0.717) is 4.73 Å². The molecule has 8 nitrogen and oxygen atoms in total. The van der Waals surface area contributed by atoms with Crippen molar-refractivity contribution < 1.29 is 9.62 Å². The first kappa shape index (κ1) is 11.8. The van der Waals surface area contributed by atoms with E-state index in [1.807, 2.05) is 6.92 Å². The molecule has 0 aliphatic carbocycles. The summed E-state index contributed by atoms with van der Waals surface area (Å²) in [5.41, 5.74) is 12.1. The summed E-state index contributed by atoms with van der Waals surface area (Å²) in [6.07, 6.45) is 3.14. The summed E-state index contributed by atoms with van der Waals surface area (Å²) in [4.78, 5) is 3.66. The van der Waals surface area contributed by atoms with Gasteiger partial charge in [-0.05, 0) is 13.0 Å². The average molecular weight is 250 g/mol. The van der Waals surface area contributed by atoms with Crippen molar-refractivity contribution in [2.24, 2.45) is 0 Å². The van der Waals surface area contributed by atoms with E-state index in [0.717, 1.165) is 5.56 Å². The lowest BCUT2D eigenvalue weighted by Crippen LogP contribution is -2.27. The van der Waals surface area contributed by atoms with Crippen LogP contribution in [0.2, 0.25) is 0 Å². The molecular formula is C10H14N6O2. The van der Waals surface area contributed by atoms with E-state index < -0.39 is 5.62 Å². The molecule has 0 bridgehead atoms. The van der Waals surface area contributed by atoms with Crippen molar-refractivity contribution in [2.45, 2.75) is 13.0 Å². The van der Waals surface area contributed by atoms with Gasteiger partial charge in [0.2, 0.25) is 0 Å². The number of nitrogens with zero attached hydrogens (tertiary/aromatic N) is 2. The lowest BCUT2D eigenvalue weighted by atomic mass is 10.2. The number of nitrogens with two attached hydrogens (primary N) is 2. The van der Waals surface area contributed by atoms with Crippen molar-refractivity contribution in [3.05, 3.63) is 29.8 Å². The Morgan fingerprint density at radius 1 is 1.56 bits per heavy atom. The van der Waals surface area contributed by atoms with Gasteiger partial charge in [-0.25, -0.2) is 0 Å². The molecule has 0 aliphatic rings. The number of rotatable bonds is 3. The molecule has 2 aromatic rings. The summed E-state index contributed by atoms with van der Waals surface area (Å²) in [5, 5.41) is 19.8. The number of nitrogens with one attached hydrogen (secondary N) is 2. The van der Waals surface area contributed by atoms with E-state index in [1.165, 1.54) is 0 Å². The van der Waals surface area contributed by atoms with Gasteiger partial charge in [0.1, 0.15) is 5.69 Å². The van der Waals surface area contributed by atoms with Crippen LogP contribution in [0.5, 0.6) is 0 Å². The number of nitrogen functional groups attached to an aromatic ring is 2. The maximum absolute atomic E-state index is 9.48. The highest BCUT2D eigenvalue weighted by Crippen LogP contribution is 2.26. The highest BCUT2D eigenvalue weighted by Gasteiger charge is 2.15. The largest absolute Gasteiger partial charge is 0.472 e. The van der Waals surface area contributed by atoms with Crippen LogP contribution in [0.1, 0.15) is 18.5 Å². The van der Waals surface area contributed by atoms with Gasteiger partial charge in [-0.1, -0.05) is 0 Å². The molecule has 8 heteroatoms. The van der Waals surface area contributed by atoms with Gasteiger partial charge in [0.05, 0.1) is 18.6 Å². The molecule has 1 atom stereocenters. The fourth-order valence-corrected chi connectivity index (χ4v) is 1.54. The summed E-state index contributed by atoms with van der Waals surface area (Å²) in [6, 6.07) is 1.66. The topological polar surface area (TPSA) is 139 Å². The van der Waals surface area contributed by atoms with Crippen LogP contribution < -0.4 is 22.4 Å². The molecule has 2 heterocycles. The SMILES string of the molecule is CC(Nc1c(N)nc(=N)n(O)c1N)c1ccoc1. The van der Waals surface area contributed by atoms with E-state index >= 15 is 0 Å². The first-order chi connectivity index (χ1) is 8.50. The second-order valence-corrected chi connectivity index (χ2v) is 3.82. The molecule has 1 unspecified atom stereocenters. The Morgan fingerprint density at radius 3 is 2.89 bits per heavy atom. The molecule has 2 aromatic heterocycles. The summed E-state index contributed by atoms with van der Waals surface area (Å²) >= 11 is 0. The van der Waals surface area contributed by atoms with Crippen LogP contribution in [-0.2, 0) is 0 Å². The molecule has 0 saturated heterocycles. The standard InChI is InChI=1S/C10H14N6O2/c1-5(6-2-3-18-4-6)14-7-8(11)15-10(13)16(17)9(7)12/h2-5,14,17H,12H2,1H3,(H3,11,13,15). The van der Waals surface area contributed by atoms with Crippen molar-refractivity contribution in [1.29, 1.82) is 5.41 Å². The van der Waals surface area contributed by atoms with Crippen molar-refractivity contribution in [3.63, 3.8) is 0 Å². The smallest absolute Gasteiger partial charge is 0.259 e. The van der Waals surface area contributed by atoms with E-state index in [1.54, 1.807) is 18.6 Å². The minimum Gasteiger partial charge on any atom is -0.472 e. The van der Waals surface area contributed by atoms with Gasteiger partial charge in [-0.15, -0.1) is 4.73 Å². The van der Waals surface area contributed by atoms with Crippen molar-refractivity contribution in [3.8, 4) is 0 Å². The van der Waals surface area contributed by atoms with Crippen LogP contribution in [0.15, 0.2) is 23.0 Å². The van der Waals surface area contributed by atoms with Gasteiger partial charge in [-0.3, -0.25) is 5.41 Å². The van der Waals surface area contributed by atoms with Crippen molar-refractivity contribution in [1.82, 2.24) is 9.71 Å². The van der Waals surface area contributed by atoms with Crippen molar-refractivity contribution >= 4 is 17.3 Å². The Kier molecular flexibility index (Phi) is 2.84. The predicted molar refractivity (Wildman–Crippen MR) is 64.8 cm³/mol. The van der Waals surface area contributed by atoms with Crippen LogP contribution in [0.3, 0.4) is 0 Å². The van der Waals surface area contributed by atoms with Gasteiger partial charge >= 0.3 is 0 Å². The molecule has 18 heavy (non-hydrogen) atoms. The molecule has 0 fully saturated rings. The minimum absolute atomic E-state index is 0.0538. The fraction of sp³-hybridized carbons (Fsp3) is 0.200. The summed E-state index contributed by atoms with van der Waals surface area (Å²) in [6.45, 7) is 1.88. The Bertz CT molecular complexity index is 604. The van der Waals surface area contributed by atoms with Gasteiger partial charge in [0.15, 0.2) is 11.6 Å². The first-order valence-electron chi connectivity index (χ1n) is 5.21. The van der Waals surface area contributed by atoms with Crippen molar-refractivity contribution in [2.75, 3.05) is 16.8 Å². The highest BCUT2D eigenvalue weighted by atomic mass is 16.5. The third-order valence-corrected chi connectivity index (χ3v) is 2.57. The second kappa shape index (κ2) is 4.32. The maximum atomic E-state index is 9.48. The summed E-state index contributed by atoms with van der Waals surface area (Å²) in [5.74, 6) is -0.0130. The quantitative estimate of drug-likeness (QED) is 0.503. The third-order valence-electron chi connectivity index (χ3n) is 2.57. The summed E-state index contributed by atoms with van der Waals surface area (Å²) < 4.78 is 5.43. The monoisotopic (exact) mass is 250 g/mol. The Labute approximate surface area is 102 Å². The first-order valence-corrected chi connectivity index (χ1v) is 5.21. The van der Waals surface area contributed by atoms with Crippen LogP contribution in [0, 0.1) is 5.41 Å². The number of anilines is 3. The van der Waals surface area contributed by atoms with Crippen LogP contribution in [0.4, 0.5) is 17.3 Å². The lowest BCUT2D eigenvalue weighted by molar-refractivity contribution is 0.172. The molecular weight excluding hydrogens is 236 g/mol. The normalized spacial score (nSPS) is 12.3. The van der Waals surface area contributed by atoms with Crippen LogP contribution >= 0.6 is 0 Å². The zero-order valence-corrected chi connectivity index (χ0v) is 9.71. The van der Waals surface area contributed by atoms with E-state index in [-0.39, 0.29) is 23.4 Å². The third kappa shape index (κ3) is 1.95. The Morgan fingerprint density at radius 2 is 2.28 bits per heavy atom. The molecule has 0 radical (unpaired) electrons. The van der Waals surface area contributed by atoms with Gasteiger partial charge in [0.25, 0.3) is 5.62 Å². The van der Waals surface area contributed by atoms with Gasteiger partial charge in [-0.2, -0.15) is 4.98 Å². The Balaban J connectivity index is 2.35. The van der Waals surface area contributed by atoms with Crippen LogP contribution in [-0.4, -0.2) is 14.9 Å². The molecule has 0 spiro atoms. The molecule has 0 aromatic carbocycles. The lowest BCUT2D eigenvalue weighted by Gasteiger charge is -2.17. The fourth-order valence-electron chi connectivity index (χ4n) is 1.54. The van der Waals surface area contributed by atoms with E-state index in [9.17, 15) is 5.21 Å². The number of aromatic nitrogens is 2. The minimum atomic E-state index is -0.425. The second-order valence-electron chi connectivity index (χ2n) is 3.82. The molecule has 0 aliphatic heterocycles. The number of hydrogen-bond donors (Lipinski definition) is 5. The van der Waals surface area contributed by atoms with E-state index in [4.69, 9.17) is 21.3 Å². The predicted octanol–water partition coefficient (Wildman–Crippen LogP) is 0.530. The molecule has 0 saturated carbocycles. The van der Waals surface area contributed by atoms with Gasteiger partial charge in [0, 0.05) is 5.56 Å². The molecule has 2 rings (SSSR count).